The average Bonchev–Trinajstić information content (AvgIpc) is 3.72. The Bertz CT molecular complexity index is 2600. The molecule has 1 saturated heterocycles. The minimum atomic E-state index is -4.03. The van der Waals surface area contributed by atoms with E-state index in [0.29, 0.717) is 59.3 Å². The number of hydrogen-bond donors (Lipinski definition) is 3. The number of furan rings is 1. The first-order valence-electron chi connectivity index (χ1n) is 22.1. The van der Waals surface area contributed by atoms with E-state index >= 15 is 0 Å². The molecule has 0 bridgehead atoms. The van der Waals surface area contributed by atoms with E-state index < -0.39 is 74.0 Å². The standard InChI is InChI=1S/C45H53FN6O9S2/c1-25(2)33-24-62-40(48-33)32-21-36(38-37(47-32)30-19-27(46)15-16-35(30)61-38)59-29-20-34-39(53)50-45(42(55)51-63(57,58)44(3)17-18-44)22-26(45)11-7-5-4-6-8-14-31(41(54)52(34)23-29)49-43(56)60-28-12-9-10-13-28/h7,11,15-16,19,21,24-26,28-29,31,34H,4-6,8-10,12-14,17-18,20,22-23H2,1-3H3,(H,49,56)(H,50,53)(H,51,55)/t26-,29-,31+,34+,45-/m1/s1. The number of carbonyl (C=O) groups is 4. The number of aromatic nitrogens is 2. The molecule has 5 atom stereocenters. The van der Waals surface area contributed by atoms with Crippen molar-refractivity contribution < 1.29 is 45.9 Å². The number of hydrogen-bond acceptors (Lipinski definition) is 12. The molecule has 336 valence electrons. The van der Waals surface area contributed by atoms with Crippen molar-refractivity contribution in [2.45, 2.75) is 145 Å². The lowest BCUT2D eigenvalue weighted by Gasteiger charge is -2.30. The van der Waals surface area contributed by atoms with Crippen LogP contribution in [0.1, 0.15) is 116 Å². The quantitative estimate of drug-likeness (QED) is 0.144. The van der Waals surface area contributed by atoms with Gasteiger partial charge in [-0.1, -0.05) is 38.8 Å². The molecule has 0 spiro atoms. The number of allylic oxidation sites excluding steroid dienone is 1. The molecule has 3 aliphatic carbocycles. The van der Waals surface area contributed by atoms with Crippen molar-refractivity contribution in [3.63, 3.8) is 0 Å². The van der Waals surface area contributed by atoms with Crippen LogP contribution in [-0.4, -0.2) is 88.2 Å². The summed E-state index contributed by atoms with van der Waals surface area (Å²) in [7, 11) is -4.03. The molecule has 4 fully saturated rings. The van der Waals surface area contributed by atoms with E-state index in [9.17, 15) is 32.0 Å². The number of thiazole rings is 1. The van der Waals surface area contributed by atoms with Crippen LogP contribution in [0, 0.1) is 11.7 Å². The summed E-state index contributed by atoms with van der Waals surface area (Å²) in [6.45, 7) is 5.56. The van der Waals surface area contributed by atoms with Crippen molar-refractivity contribution in [1.82, 2.24) is 30.2 Å². The average molecular weight is 905 g/mol. The van der Waals surface area contributed by atoms with Gasteiger partial charge in [0.1, 0.15) is 57.4 Å². The van der Waals surface area contributed by atoms with Gasteiger partial charge in [0.25, 0.3) is 5.91 Å². The first kappa shape index (κ1) is 43.2. The molecule has 1 aromatic carbocycles. The van der Waals surface area contributed by atoms with Gasteiger partial charge in [0.2, 0.25) is 21.8 Å². The lowest BCUT2D eigenvalue weighted by molar-refractivity contribution is -0.141. The summed E-state index contributed by atoms with van der Waals surface area (Å²) < 4.78 is 61.1. The highest BCUT2D eigenvalue weighted by Gasteiger charge is 2.63. The van der Waals surface area contributed by atoms with E-state index in [4.69, 9.17) is 23.9 Å². The number of halogens is 1. The number of amides is 4. The van der Waals surface area contributed by atoms with Gasteiger partial charge >= 0.3 is 6.09 Å². The number of benzene rings is 1. The number of rotatable bonds is 9. The highest BCUT2D eigenvalue weighted by Crippen LogP contribution is 2.48. The van der Waals surface area contributed by atoms with Crippen molar-refractivity contribution in [3.05, 3.63) is 53.3 Å². The van der Waals surface area contributed by atoms with Crippen molar-refractivity contribution in [2.24, 2.45) is 5.92 Å². The van der Waals surface area contributed by atoms with Gasteiger partial charge in [0.15, 0.2) is 11.3 Å². The van der Waals surface area contributed by atoms with Gasteiger partial charge in [-0.3, -0.25) is 19.1 Å². The second-order valence-corrected chi connectivity index (χ2v) is 21.4. The molecule has 15 nitrogen and oxygen atoms in total. The van der Waals surface area contributed by atoms with Crippen molar-refractivity contribution in [3.8, 4) is 16.5 Å². The molecule has 9 rings (SSSR count). The fourth-order valence-corrected chi connectivity index (χ4v) is 11.3. The van der Waals surface area contributed by atoms with Crippen LogP contribution in [0.25, 0.3) is 32.8 Å². The summed E-state index contributed by atoms with van der Waals surface area (Å²) in [5.74, 6) is -2.56. The van der Waals surface area contributed by atoms with Crippen LogP contribution in [0.2, 0.25) is 0 Å². The zero-order chi connectivity index (χ0) is 44.3. The highest BCUT2D eigenvalue weighted by molar-refractivity contribution is 7.91. The SMILES string of the molecule is CC(C)c1csc(-c2cc(O[C@@H]3C[C@H]4C(=O)N[C@]5(C(=O)NS(=O)(=O)C6(C)CC6)C[C@H]5C=CCCCCC[C@H](NC(=O)OC5CCCC5)C(=O)N4C3)c3oc4ccc(F)cc4c3n2)n1. The Morgan fingerprint density at radius 3 is 2.57 bits per heavy atom. The van der Waals surface area contributed by atoms with Crippen LogP contribution in [0.3, 0.4) is 0 Å². The fraction of sp³-hybridized carbons (Fsp3) is 0.556. The third-order valence-corrected chi connectivity index (χ3v) is 16.4. The molecule has 0 radical (unpaired) electrons. The second kappa shape index (κ2) is 16.8. The lowest BCUT2D eigenvalue weighted by atomic mass is 10.0. The van der Waals surface area contributed by atoms with Crippen LogP contribution in [0.5, 0.6) is 5.75 Å². The summed E-state index contributed by atoms with van der Waals surface area (Å²) in [6.07, 6.45) is 9.48. The maximum atomic E-state index is 14.8. The van der Waals surface area contributed by atoms with Crippen LogP contribution >= 0.6 is 11.3 Å². The summed E-state index contributed by atoms with van der Waals surface area (Å²) >= 11 is 1.40. The van der Waals surface area contributed by atoms with Gasteiger partial charge in [-0.2, -0.15) is 0 Å². The zero-order valence-electron chi connectivity index (χ0n) is 35.6. The molecule has 3 aromatic heterocycles. The normalized spacial score (nSPS) is 26.5. The van der Waals surface area contributed by atoms with E-state index in [-0.39, 0.29) is 42.7 Å². The molecule has 4 amide bonds. The summed E-state index contributed by atoms with van der Waals surface area (Å²) in [6, 6.07) is 3.60. The van der Waals surface area contributed by atoms with Crippen LogP contribution in [0.15, 0.2) is 46.2 Å². The predicted octanol–water partition coefficient (Wildman–Crippen LogP) is 7.15. The molecule has 2 aliphatic heterocycles. The minimum absolute atomic E-state index is 0.0336. The molecule has 3 N–H and O–H groups in total. The van der Waals surface area contributed by atoms with E-state index in [1.54, 1.807) is 13.0 Å². The largest absolute Gasteiger partial charge is 0.484 e. The van der Waals surface area contributed by atoms with Gasteiger partial charge in [-0.25, -0.2) is 27.6 Å². The number of nitrogens with one attached hydrogen (secondary N) is 3. The summed E-state index contributed by atoms with van der Waals surface area (Å²) in [4.78, 5) is 67.9. The Morgan fingerprint density at radius 2 is 1.83 bits per heavy atom. The maximum Gasteiger partial charge on any atom is 0.408 e. The van der Waals surface area contributed by atoms with Gasteiger partial charge < -0.3 is 29.4 Å². The number of carbonyl (C=O) groups excluding carboxylic acids is 4. The summed E-state index contributed by atoms with van der Waals surface area (Å²) in [5.41, 5.74) is 0.736. The topological polar surface area (TPSA) is 199 Å². The maximum absolute atomic E-state index is 14.8. The van der Waals surface area contributed by atoms with Crippen LogP contribution < -0.4 is 20.1 Å². The highest BCUT2D eigenvalue weighted by atomic mass is 32.2. The Kier molecular flexibility index (Phi) is 11.5. The van der Waals surface area contributed by atoms with Gasteiger partial charge in [-0.05, 0) is 95.2 Å². The first-order valence-corrected chi connectivity index (χ1v) is 24.5. The molecular formula is C45H53FN6O9S2. The van der Waals surface area contributed by atoms with Gasteiger partial charge in [0.05, 0.1) is 17.0 Å². The van der Waals surface area contributed by atoms with Crippen LogP contribution in [0.4, 0.5) is 9.18 Å². The van der Waals surface area contributed by atoms with E-state index in [2.05, 4.69) is 15.4 Å². The van der Waals surface area contributed by atoms with Gasteiger partial charge in [0, 0.05) is 29.2 Å². The number of fused-ring (bicyclic) bond motifs is 5. The zero-order valence-corrected chi connectivity index (χ0v) is 37.2. The Hall–Kier alpha value is -5.10. The minimum Gasteiger partial charge on any atom is -0.484 e. The predicted molar refractivity (Wildman–Crippen MR) is 233 cm³/mol. The van der Waals surface area contributed by atoms with E-state index in [0.717, 1.165) is 44.2 Å². The Labute approximate surface area is 369 Å². The molecule has 5 aliphatic rings. The molecule has 0 unspecified atom stereocenters. The number of nitrogens with zero attached hydrogens (tertiary/aromatic N) is 3. The number of ether oxygens (including phenoxy) is 2. The fourth-order valence-electron chi connectivity index (χ4n) is 9.00. The Balaban J connectivity index is 1.06. The molecule has 63 heavy (non-hydrogen) atoms. The second-order valence-electron chi connectivity index (χ2n) is 18.4. The molecule has 4 aromatic rings. The van der Waals surface area contributed by atoms with Crippen molar-refractivity contribution in [1.29, 1.82) is 0 Å². The van der Waals surface area contributed by atoms with E-state index in [1.807, 2.05) is 31.4 Å². The van der Waals surface area contributed by atoms with Crippen LogP contribution in [-0.2, 0) is 29.1 Å². The van der Waals surface area contributed by atoms with Crippen molar-refractivity contribution >= 4 is 67.2 Å². The van der Waals surface area contributed by atoms with Crippen molar-refractivity contribution in [2.75, 3.05) is 6.54 Å². The number of alkyl carbamates (subject to hydrolysis) is 1. The number of pyridine rings is 1. The lowest BCUT2D eigenvalue weighted by Crippen LogP contribution is -2.58. The molecular weight excluding hydrogens is 852 g/mol. The number of sulfonamides is 1. The third kappa shape index (κ3) is 8.64. The Morgan fingerprint density at radius 1 is 1.05 bits per heavy atom. The first-order chi connectivity index (χ1) is 30.1. The third-order valence-electron chi connectivity index (χ3n) is 13.3. The molecule has 5 heterocycles. The van der Waals surface area contributed by atoms with E-state index in [1.165, 1.54) is 34.4 Å². The smallest absolute Gasteiger partial charge is 0.408 e. The van der Waals surface area contributed by atoms with Gasteiger partial charge in [-0.15, -0.1) is 11.3 Å². The molecule has 18 heteroatoms. The summed E-state index contributed by atoms with van der Waals surface area (Å²) in [5, 5.41) is 8.72. The monoisotopic (exact) mass is 904 g/mol. The molecule has 3 saturated carbocycles.